The molecule has 1 aromatic rings. The summed E-state index contributed by atoms with van der Waals surface area (Å²) >= 11 is 1.80. The average molecular weight is 166 g/mol. The van der Waals surface area contributed by atoms with Gasteiger partial charge >= 0.3 is 0 Å². The maximum atomic E-state index is 4.43. The van der Waals surface area contributed by atoms with Gasteiger partial charge in [-0.3, -0.25) is 0 Å². The van der Waals surface area contributed by atoms with Gasteiger partial charge in [-0.25, -0.2) is 4.98 Å². The Bertz CT molecular complexity index is 237. The quantitative estimate of drug-likeness (QED) is 0.658. The second kappa shape index (κ2) is 2.94. The fourth-order valence-electron chi connectivity index (χ4n) is 1.30. The van der Waals surface area contributed by atoms with Crippen LogP contribution in [0.3, 0.4) is 0 Å². The summed E-state index contributed by atoms with van der Waals surface area (Å²) in [5.41, 5.74) is 1.17. The van der Waals surface area contributed by atoms with E-state index in [2.05, 4.69) is 17.3 Å². The molecule has 2 heteroatoms. The highest BCUT2D eigenvalue weighted by molar-refractivity contribution is 7.09. The van der Waals surface area contributed by atoms with Crippen molar-refractivity contribution in [3.8, 4) is 0 Å². The van der Waals surface area contributed by atoms with Crippen molar-refractivity contribution in [2.24, 2.45) is 0 Å². The van der Waals surface area contributed by atoms with Gasteiger partial charge in [0.05, 0.1) is 5.01 Å². The van der Waals surface area contributed by atoms with Gasteiger partial charge in [-0.15, -0.1) is 11.3 Å². The van der Waals surface area contributed by atoms with Gasteiger partial charge in [0.15, 0.2) is 0 Å². The van der Waals surface area contributed by atoms with Crippen molar-refractivity contribution in [2.45, 2.75) is 32.6 Å². The Kier molecular flexibility index (Phi) is 1.95. The molecule has 1 aromatic heterocycles. The first-order valence-corrected chi connectivity index (χ1v) is 4.97. The summed E-state index contributed by atoms with van der Waals surface area (Å²) in [5.74, 6) is 1.69. The van der Waals surface area contributed by atoms with E-state index in [9.17, 15) is 0 Å². The molecule has 1 aliphatic carbocycles. The number of hydrogen-bond acceptors (Lipinski definition) is 2. The average Bonchev–Trinajstić information content (AvgIpc) is 2.27. The van der Waals surface area contributed by atoms with Gasteiger partial charge < -0.3 is 0 Å². The largest absolute Gasteiger partial charge is 0.247 e. The van der Waals surface area contributed by atoms with E-state index in [1.807, 2.05) is 0 Å². The first-order valence-electron chi connectivity index (χ1n) is 4.09. The van der Waals surface area contributed by atoms with Crippen LogP contribution in [0.15, 0.2) is 5.38 Å². The molecule has 1 fully saturated rings. The first-order chi connectivity index (χ1) is 5.34. The van der Waals surface area contributed by atoms with Crippen LogP contribution in [0.25, 0.3) is 0 Å². The molecule has 1 heterocycles. The lowest BCUT2D eigenvalue weighted by Crippen LogP contribution is -2.10. The third-order valence-electron chi connectivity index (χ3n) is 2.13. The third kappa shape index (κ3) is 1.62. The van der Waals surface area contributed by atoms with Gasteiger partial charge in [-0.2, -0.15) is 0 Å². The third-order valence-corrected chi connectivity index (χ3v) is 3.10. The van der Waals surface area contributed by atoms with Crippen molar-refractivity contribution >= 4 is 11.3 Å². The molecule has 1 aliphatic rings. The van der Waals surface area contributed by atoms with Crippen LogP contribution in [0.1, 0.15) is 30.0 Å². The highest BCUT2D eigenvalue weighted by Crippen LogP contribution is 2.32. The van der Waals surface area contributed by atoms with Crippen LogP contribution in [-0.2, 0) is 6.42 Å². The standard InChI is InChI=1S/C9H12NS/c1-7-6-11-9(10-7)5-8-3-2-4-8/h6H,2-5H2,1H3. The van der Waals surface area contributed by atoms with E-state index >= 15 is 0 Å². The monoisotopic (exact) mass is 166 g/mol. The highest BCUT2D eigenvalue weighted by Gasteiger charge is 2.19. The Morgan fingerprint density at radius 2 is 2.36 bits per heavy atom. The maximum absolute atomic E-state index is 4.43. The lowest BCUT2D eigenvalue weighted by Gasteiger charge is -2.23. The van der Waals surface area contributed by atoms with Crippen molar-refractivity contribution in [1.82, 2.24) is 4.98 Å². The van der Waals surface area contributed by atoms with Crippen molar-refractivity contribution in [2.75, 3.05) is 0 Å². The lowest BCUT2D eigenvalue weighted by molar-refractivity contribution is 0.527. The van der Waals surface area contributed by atoms with Crippen molar-refractivity contribution in [1.29, 1.82) is 0 Å². The molecule has 0 aliphatic heterocycles. The molecule has 0 atom stereocenters. The minimum Gasteiger partial charge on any atom is -0.247 e. The number of rotatable bonds is 2. The number of hydrogen-bond donors (Lipinski definition) is 0. The molecule has 0 bridgehead atoms. The summed E-state index contributed by atoms with van der Waals surface area (Å²) in [4.78, 5) is 4.43. The van der Waals surface area contributed by atoms with Crippen LogP contribution in [0.2, 0.25) is 0 Å². The van der Waals surface area contributed by atoms with Crippen molar-refractivity contribution < 1.29 is 0 Å². The van der Waals surface area contributed by atoms with Crippen LogP contribution < -0.4 is 0 Å². The van der Waals surface area contributed by atoms with Crippen LogP contribution in [0.5, 0.6) is 0 Å². The Balaban J connectivity index is 1.95. The molecular formula is C9H12NS. The topological polar surface area (TPSA) is 12.9 Å². The molecule has 11 heavy (non-hydrogen) atoms. The summed E-state index contributed by atoms with van der Waals surface area (Å²) < 4.78 is 0. The Morgan fingerprint density at radius 1 is 1.55 bits per heavy atom. The normalized spacial score (nSPS) is 18.3. The molecule has 2 rings (SSSR count). The maximum Gasteiger partial charge on any atom is 0.0933 e. The van der Waals surface area contributed by atoms with E-state index in [-0.39, 0.29) is 0 Å². The van der Waals surface area contributed by atoms with E-state index in [4.69, 9.17) is 0 Å². The molecule has 59 valence electrons. The fourth-order valence-corrected chi connectivity index (χ4v) is 2.14. The summed E-state index contributed by atoms with van der Waals surface area (Å²) in [6, 6.07) is 0. The molecule has 1 saturated carbocycles. The number of thiazole rings is 1. The van der Waals surface area contributed by atoms with E-state index in [1.54, 1.807) is 17.3 Å². The second-order valence-electron chi connectivity index (χ2n) is 3.16. The minimum atomic E-state index is 1.15. The molecular weight excluding hydrogens is 154 g/mol. The van der Waals surface area contributed by atoms with Gasteiger partial charge in [-0.05, 0) is 25.7 Å². The zero-order valence-electron chi connectivity index (χ0n) is 6.76. The second-order valence-corrected chi connectivity index (χ2v) is 4.11. The number of aromatic nitrogens is 1. The summed E-state index contributed by atoms with van der Waals surface area (Å²) in [5, 5.41) is 3.44. The SMILES string of the molecule is Cc1csc(C[C]2CCC2)n1. The molecule has 1 nitrogen and oxygen atoms in total. The summed E-state index contributed by atoms with van der Waals surface area (Å²) in [6.45, 7) is 2.06. The number of nitrogens with zero attached hydrogens (tertiary/aromatic N) is 1. The Morgan fingerprint density at radius 3 is 2.82 bits per heavy atom. The van der Waals surface area contributed by atoms with E-state index < -0.39 is 0 Å². The molecule has 0 aromatic carbocycles. The van der Waals surface area contributed by atoms with Crippen LogP contribution in [-0.4, -0.2) is 4.98 Å². The first kappa shape index (κ1) is 7.29. The van der Waals surface area contributed by atoms with Crippen molar-refractivity contribution in [3.05, 3.63) is 22.0 Å². The highest BCUT2D eigenvalue weighted by atomic mass is 32.1. The van der Waals surface area contributed by atoms with E-state index in [1.165, 1.54) is 30.0 Å². The smallest absolute Gasteiger partial charge is 0.0933 e. The molecule has 0 N–H and O–H groups in total. The predicted molar refractivity (Wildman–Crippen MR) is 47.6 cm³/mol. The van der Waals surface area contributed by atoms with Gasteiger partial charge in [0.25, 0.3) is 0 Å². The molecule has 0 unspecified atom stereocenters. The minimum absolute atomic E-state index is 1.15. The van der Waals surface area contributed by atoms with Crippen LogP contribution in [0, 0.1) is 12.8 Å². The zero-order chi connectivity index (χ0) is 7.68. The fraction of sp³-hybridized carbons (Fsp3) is 0.556. The van der Waals surface area contributed by atoms with Gasteiger partial charge in [0, 0.05) is 17.5 Å². The number of aryl methyl sites for hydroxylation is 1. The van der Waals surface area contributed by atoms with Gasteiger partial charge in [-0.1, -0.05) is 6.42 Å². The zero-order valence-corrected chi connectivity index (χ0v) is 7.58. The molecule has 0 saturated heterocycles. The summed E-state index contributed by atoms with van der Waals surface area (Å²) in [7, 11) is 0. The molecule has 1 radical (unpaired) electrons. The van der Waals surface area contributed by atoms with Crippen LogP contribution in [0.4, 0.5) is 0 Å². The van der Waals surface area contributed by atoms with Gasteiger partial charge in [0.1, 0.15) is 0 Å². The Hall–Kier alpha value is -0.370. The van der Waals surface area contributed by atoms with Crippen LogP contribution >= 0.6 is 11.3 Å². The van der Waals surface area contributed by atoms with E-state index in [0.717, 1.165) is 6.42 Å². The predicted octanol–water partition coefficient (Wildman–Crippen LogP) is 2.75. The van der Waals surface area contributed by atoms with E-state index in [0.29, 0.717) is 0 Å². The Labute approximate surface area is 71.5 Å². The lowest BCUT2D eigenvalue weighted by atomic mass is 9.83. The molecule has 0 spiro atoms. The van der Waals surface area contributed by atoms with Crippen molar-refractivity contribution in [3.63, 3.8) is 0 Å². The summed E-state index contributed by atoms with van der Waals surface area (Å²) in [6.07, 6.45) is 5.25. The van der Waals surface area contributed by atoms with Gasteiger partial charge in [0.2, 0.25) is 0 Å². The molecule has 0 amide bonds.